The predicted octanol–water partition coefficient (Wildman–Crippen LogP) is 6.81. The summed E-state index contributed by atoms with van der Waals surface area (Å²) in [5, 5.41) is 5.31. The van der Waals surface area contributed by atoms with E-state index in [1.165, 1.54) is 6.42 Å². The van der Waals surface area contributed by atoms with Crippen LogP contribution in [0.4, 0.5) is 0 Å². The highest BCUT2D eigenvalue weighted by molar-refractivity contribution is 7.77. The molecular weight excluding hydrogens is 453 g/mol. The summed E-state index contributed by atoms with van der Waals surface area (Å²) in [4.78, 5) is 13.0. The quantitative estimate of drug-likeness (QED) is 0.223. The minimum absolute atomic E-state index is 0.202. The van der Waals surface area contributed by atoms with Gasteiger partial charge in [-0.25, -0.2) is 0 Å². The van der Waals surface area contributed by atoms with Crippen molar-refractivity contribution < 1.29 is 14.1 Å². The molecule has 3 rings (SSSR count). The average molecular weight is 498 g/mol. The molecule has 1 fully saturated rings. The summed E-state index contributed by atoms with van der Waals surface area (Å²) in [5.41, 5.74) is 3.72. The maximum Gasteiger partial charge on any atom is 0.307 e. The predicted molar refractivity (Wildman–Crippen MR) is 147 cm³/mol. The fraction of sp³-hybridized carbons (Fsp3) is 0.567. The van der Waals surface area contributed by atoms with Crippen LogP contribution < -0.4 is 15.7 Å². The molecular formula is C30H44NO3P. The number of nitrogens with one attached hydrogen (secondary N) is 1. The molecule has 0 bridgehead atoms. The Morgan fingerprint density at radius 3 is 1.86 bits per heavy atom. The van der Waals surface area contributed by atoms with Crippen molar-refractivity contribution in [3.8, 4) is 0 Å². The number of hydrogen-bond donors (Lipinski definition) is 1. The van der Waals surface area contributed by atoms with Gasteiger partial charge < -0.3 is 4.74 Å². The van der Waals surface area contributed by atoms with Gasteiger partial charge >= 0.3 is 5.97 Å². The molecule has 0 amide bonds. The maximum atomic E-state index is 15.3. The van der Waals surface area contributed by atoms with Crippen LogP contribution in [0, 0.1) is 33.6 Å². The SMILES string of the molecule is CCCCOC(=O)CC(C)(NP(=O)(c1cc(C)cc(C)c1)c1cc(C)cc(C)c1)C1CCCCC1. The van der Waals surface area contributed by atoms with Crippen molar-refractivity contribution in [2.45, 2.75) is 98.4 Å². The minimum Gasteiger partial charge on any atom is -0.466 e. The van der Waals surface area contributed by atoms with Gasteiger partial charge in [0.15, 0.2) is 0 Å². The summed E-state index contributed by atoms with van der Waals surface area (Å²) in [7, 11) is -3.27. The summed E-state index contributed by atoms with van der Waals surface area (Å²) >= 11 is 0. The van der Waals surface area contributed by atoms with E-state index in [1.807, 2.05) is 52.0 Å². The summed E-state index contributed by atoms with van der Waals surface area (Å²) in [5.74, 6) is 0.0616. The normalized spacial score (nSPS) is 16.6. The van der Waals surface area contributed by atoms with Crippen LogP contribution in [0.5, 0.6) is 0 Å². The van der Waals surface area contributed by atoms with E-state index in [9.17, 15) is 4.79 Å². The zero-order valence-electron chi connectivity index (χ0n) is 22.6. The number of hydrogen-bond acceptors (Lipinski definition) is 3. The van der Waals surface area contributed by atoms with Gasteiger partial charge in [0, 0.05) is 16.1 Å². The Morgan fingerprint density at radius 2 is 1.40 bits per heavy atom. The molecule has 4 nitrogen and oxygen atoms in total. The van der Waals surface area contributed by atoms with E-state index in [0.29, 0.717) is 6.61 Å². The summed E-state index contributed by atoms with van der Waals surface area (Å²) in [6.45, 7) is 12.8. The lowest BCUT2D eigenvalue weighted by atomic mass is 9.74. The molecule has 1 N–H and O–H groups in total. The number of aryl methyl sites for hydroxylation is 4. The topological polar surface area (TPSA) is 55.4 Å². The molecule has 2 aromatic carbocycles. The van der Waals surface area contributed by atoms with Gasteiger partial charge in [0.05, 0.1) is 13.0 Å². The van der Waals surface area contributed by atoms with E-state index in [1.54, 1.807) is 0 Å². The number of ether oxygens (including phenoxy) is 1. The van der Waals surface area contributed by atoms with Crippen molar-refractivity contribution in [3.05, 3.63) is 58.7 Å². The largest absolute Gasteiger partial charge is 0.466 e. The molecule has 1 saturated carbocycles. The van der Waals surface area contributed by atoms with E-state index in [2.05, 4.69) is 31.1 Å². The molecule has 2 aromatic rings. The van der Waals surface area contributed by atoms with E-state index in [4.69, 9.17) is 4.74 Å². The van der Waals surface area contributed by atoms with Crippen LogP contribution >= 0.6 is 7.29 Å². The Morgan fingerprint density at radius 1 is 0.914 bits per heavy atom. The van der Waals surface area contributed by atoms with E-state index >= 15 is 4.57 Å². The van der Waals surface area contributed by atoms with Crippen LogP contribution in [0.3, 0.4) is 0 Å². The molecule has 0 spiro atoms. The van der Waals surface area contributed by atoms with Crippen molar-refractivity contribution in [3.63, 3.8) is 0 Å². The third kappa shape index (κ3) is 7.08. The Bertz CT molecular complexity index is 977. The smallest absolute Gasteiger partial charge is 0.307 e. The standard InChI is InChI=1S/C30H44NO3P/c1-7-8-14-34-29(32)21-30(6,26-12-10-9-11-13-26)31-35(33,27-17-22(2)15-23(3)18-27)28-19-24(4)16-25(5)20-28/h15-20,26H,7-14,21H2,1-6H3,(H,31,33). The first-order valence-corrected chi connectivity index (χ1v) is 15.0. The summed E-state index contributed by atoms with van der Waals surface area (Å²) in [6, 6.07) is 12.4. The molecule has 0 aromatic heterocycles. The fourth-order valence-corrected chi connectivity index (χ4v) is 8.68. The van der Waals surface area contributed by atoms with Crippen LogP contribution in [0.25, 0.3) is 0 Å². The van der Waals surface area contributed by atoms with Crippen molar-refractivity contribution >= 4 is 23.9 Å². The zero-order chi connectivity index (χ0) is 25.6. The van der Waals surface area contributed by atoms with Crippen molar-refractivity contribution in [2.24, 2.45) is 5.92 Å². The molecule has 1 aliphatic rings. The zero-order valence-corrected chi connectivity index (χ0v) is 23.5. The highest BCUT2D eigenvalue weighted by Crippen LogP contribution is 2.47. The lowest BCUT2D eigenvalue weighted by Gasteiger charge is -2.43. The summed E-state index contributed by atoms with van der Waals surface area (Å²) < 4.78 is 20.9. The second kappa shape index (κ2) is 11.9. The lowest BCUT2D eigenvalue weighted by molar-refractivity contribution is -0.145. The van der Waals surface area contributed by atoms with Gasteiger partial charge in [-0.2, -0.15) is 0 Å². The third-order valence-corrected chi connectivity index (χ3v) is 10.1. The van der Waals surface area contributed by atoms with Crippen LogP contribution in [0.2, 0.25) is 0 Å². The molecule has 0 heterocycles. The van der Waals surface area contributed by atoms with Gasteiger partial charge in [0.1, 0.15) is 0 Å². The molecule has 1 atom stereocenters. The van der Waals surface area contributed by atoms with Gasteiger partial charge in [-0.3, -0.25) is 14.4 Å². The highest BCUT2D eigenvalue weighted by Gasteiger charge is 2.43. The molecule has 0 saturated heterocycles. The molecule has 35 heavy (non-hydrogen) atoms. The third-order valence-electron chi connectivity index (χ3n) is 7.33. The van der Waals surface area contributed by atoms with E-state index < -0.39 is 12.8 Å². The second-order valence-corrected chi connectivity index (χ2v) is 13.4. The molecule has 0 radical (unpaired) electrons. The molecule has 0 aliphatic heterocycles. The Balaban J connectivity index is 2.10. The van der Waals surface area contributed by atoms with Crippen LogP contribution in [0.15, 0.2) is 36.4 Å². The van der Waals surface area contributed by atoms with E-state index in [-0.39, 0.29) is 18.3 Å². The first-order chi connectivity index (χ1) is 16.6. The highest BCUT2D eigenvalue weighted by atomic mass is 31.2. The number of carbonyl (C=O) groups excluding carboxylic acids is 1. The summed E-state index contributed by atoms with van der Waals surface area (Å²) in [6.07, 6.45) is 7.65. The van der Waals surface area contributed by atoms with Crippen molar-refractivity contribution in [1.82, 2.24) is 5.09 Å². The average Bonchev–Trinajstić information content (AvgIpc) is 2.78. The number of benzene rings is 2. The van der Waals surface area contributed by atoms with Crippen molar-refractivity contribution in [1.29, 1.82) is 0 Å². The molecule has 192 valence electrons. The lowest BCUT2D eigenvalue weighted by Crippen LogP contribution is -2.52. The van der Waals surface area contributed by atoms with Crippen LogP contribution in [-0.2, 0) is 14.1 Å². The van der Waals surface area contributed by atoms with Gasteiger partial charge in [-0.1, -0.05) is 67.0 Å². The first-order valence-electron chi connectivity index (χ1n) is 13.3. The minimum atomic E-state index is -3.27. The Hall–Kier alpha value is -1.90. The second-order valence-electron chi connectivity index (χ2n) is 10.9. The Kier molecular flexibility index (Phi) is 9.40. The van der Waals surface area contributed by atoms with Crippen molar-refractivity contribution in [2.75, 3.05) is 6.61 Å². The van der Waals surface area contributed by atoms with Gasteiger partial charge in [-0.15, -0.1) is 0 Å². The number of rotatable bonds is 10. The molecule has 1 aliphatic carbocycles. The van der Waals surface area contributed by atoms with Gasteiger partial charge in [0.25, 0.3) is 0 Å². The van der Waals surface area contributed by atoms with Crippen LogP contribution in [0.1, 0.15) is 87.5 Å². The number of esters is 1. The molecule has 1 unspecified atom stereocenters. The monoisotopic (exact) mass is 497 g/mol. The number of carbonyl (C=O) groups is 1. The fourth-order valence-electron chi connectivity index (χ4n) is 5.60. The van der Waals surface area contributed by atoms with E-state index in [0.717, 1.165) is 71.4 Å². The van der Waals surface area contributed by atoms with Gasteiger partial charge in [0.2, 0.25) is 7.29 Å². The first kappa shape index (κ1) is 27.7. The van der Waals surface area contributed by atoms with Gasteiger partial charge in [-0.05, 0) is 84.1 Å². The molecule has 5 heteroatoms. The number of unbranched alkanes of at least 4 members (excludes halogenated alkanes) is 1. The Labute approximate surface area is 212 Å². The van der Waals surface area contributed by atoms with Crippen LogP contribution in [-0.4, -0.2) is 18.1 Å². The maximum absolute atomic E-state index is 15.3.